The fourth-order valence-corrected chi connectivity index (χ4v) is 2.03. The Kier molecular flexibility index (Phi) is 3.16. The summed E-state index contributed by atoms with van der Waals surface area (Å²) in [5.74, 6) is 0.752. The van der Waals surface area contributed by atoms with E-state index in [0.717, 1.165) is 22.5 Å². The van der Waals surface area contributed by atoms with Crippen molar-refractivity contribution in [3.05, 3.63) is 54.9 Å². The Hall–Kier alpha value is -2.33. The van der Waals surface area contributed by atoms with Gasteiger partial charge in [0.2, 0.25) is 0 Å². The van der Waals surface area contributed by atoms with Crippen molar-refractivity contribution in [1.29, 1.82) is 0 Å². The first-order valence-electron chi connectivity index (χ1n) is 6.14. The molecule has 1 aromatic heterocycles. The van der Waals surface area contributed by atoms with E-state index in [-0.39, 0.29) is 6.61 Å². The van der Waals surface area contributed by atoms with Crippen LogP contribution in [0.15, 0.2) is 54.9 Å². The summed E-state index contributed by atoms with van der Waals surface area (Å²) in [5.41, 5.74) is 3.08. The zero-order valence-corrected chi connectivity index (χ0v) is 10.4. The van der Waals surface area contributed by atoms with Crippen molar-refractivity contribution < 1.29 is 9.84 Å². The number of aromatic nitrogens is 2. The van der Waals surface area contributed by atoms with Crippen LogP contribution in [-0.2, 0) is 0 Å². The Morgan fingerprint density at radius 2 is 1.84 bits per heavy atom. The Bertz CT molecular complexity index is 674. The highest BCUT2D eigenvalue weighted by Crippen LogP contribution is 2.20. The van der Waals surface area contributed by atoms with Crippen LogP contribution in [0.5, 0.6) is 5.75 Å². The van der Waals surface area contributed by atoms with Crippen molar-refractivity contribution >= 4 is 11.0 Å². The van der Waals surface area contributed by atoms with E-state index in [4.69, 9.17) is 9.84 Å². The predicted molar refractivity (Wildman–Crippen MR) is 73.7 cm³/mol. The fraction of sp³-hybridized carbons (Fsp3) is 0.133. The molecule has 0 bridgehead atoms. The molecule has 0 saturated carbocycles. The molecule has 0 radical (unpaired) electrons. The third-order valence-corrected chi connectivity index (χ3v) is 2.93. The van der Waals surface area contributed by atoms with Crippen molar-refractivity contribution in [3.8, 4) is 11.4 Å². The molecule has 1 N–H and O–H groups in total. The molecule has 0 fully saturated rings. The van der Waals surface area contributed by atoms with Gasteiger partial charge in [-0.1, -0.05) is 12.1 Å². The van der Waals surface area contributed by atoms with Crippen LogP contribution in [0.2, 0.25) is 0 Å². The molecule has 96 valence electrons. The van der Waals surface area contributed by atoms with E-state index in [1.54, 1.807) is 0 Å². The number of fused-ring (bicyclic) bond motifs is 1. The fourth-order valence-electron chi connectivity index (χ4n) is 2.03. The summed E-state index contributed by atoms with van der Waals surface area (Å²) >= 11 is 0. The summed E-state index contributed by atoms with van der Waals surface area (Å²) in [6, 6.07) is 15.7. The molecule has 0 aliphatic rings. The SMILES string of the molecule is OCCOc1ccc(-n2cnc3ccccc32)cc1. The number of aliphatic hydroxyl groups is 1. The average Bonchev–Trinajstić information content (AvgIpc) is 2.90. The number of hydrogen-bond acceptors (Lipinski definition) is 3. The van der Waals surface area contributed by atoms with Gasteiger partial charge in [0.1, 0.15) is 18.7 Å². The van der Waals surface area contributed by atoms with Gasteiger partial charge in [0, 0.05) is 5.69 Å². The number of imidazole rings is 1. The first-order chi connectivity index (χ1) is 9.38. The molecule has 2 aromatic carbocycles. The highest BCUT2D eigenvalue weighted by Gasteiger charge is 2.03. The second-order valence-corrected chi connectivity index (χ2v) is 4.17. The predicted octanol–water partition coefficient (Wildman–Crippen LogP) is 2.40. The number of nitrogens with zero attached hydrogens (tertiary/aromatic N) is 2. The number of hydrogen-bond donors (Lipinski definition) is 1. The molecule has 0 aliphatic carbocycles. The largest absolute Gasteiger partial charge is 0.491 e. The molecule has 4 heteroatoms. The Morgan fingerprint density at radius 3 is 2.63 bits per heavy atom. The van der Waals surface area contributed by atoms with Crippen LogP contribution in [0.1, 0.15) is 0 Å². The van der Waals surface area contributed by atoms with Crippen LogP contribution in [0.4, 0.5) is 0 Å². The summed E-state index contributed by atoms with van der Waals surface area (Å²) in [6.07, 6.45) is 1.81. The van der Waals surface area contributed by atoms with Crippen LogP contribution in [0.25, 0.3) is 16.7 Å². The maximum absolute atomic E-state index is 8.71. The molecule has 0 spiro atoms. The molecule has 19 heavy (non-hydrogen) atoms. The van der Waals surface area contributed by atoms with Crippen molar-refractivity contribution in [2.45, 2.75) is 0 Å². The first-order valence-corrected chi connectivity index (χ1v) is 6.14. The lowest BCUT2D eigenvalue weighted by Gasteiger charge is -2.07. The lowest BCUT2D eigenvalue weighted by Crippen LogP contribution is -2.01. The van der Waals surface area contributed by atoms with Crippen LogP contribution in [-0.4, -0.2) is 27.9 Å². The van der Waals surface area contributed by atoms with Gasteiger partial charge in [-0.3, -0.25) is 4.57 Å². The molecule has 0 aliphatic heterocycles. The Balaban J connectivity index is 1.93. The Morgan fingerprint density at radius 1 is 1.05 bits per heavy atom. The van der Waals surface area contributed by atoms with Crippen LogP contribution >= 0.6 is 0 Å². The van der Waals surface area contributed by atoms with Gasteiger partial charge in [-0.25, -0.2) is 4.98 Å². The number of rotatable bonds is 4. The zero-order chi connectivity index (χ0) is 13.1. The van der Waals surface area contributed by atoms with Gasteiger partial charge in [-0.15, -0.1) is 0 Å². The number of benzene rings is 2. The first kappa shape index (κ1) is 11.7. The molecule has 3 aromatic rings. The van der Waals surface area contributed by atoms with Crippen molar-refractivity contribution in [2.24, 2.45) is 0 Å². The standard InChI is InChI=1S/C15H14N2O2/c18-9-10-19-13-7-5-12(6-8-13)17-11-16-14-3-1-2-4-15(14)17/h1-8,11,18H,9-10H2. The molecule has 1 heterocycles. The monoisotopic (exact) mass is 254 g/mol. The molecular formula is C15H14N2O2. The highest BCUT2D eigenvalue weighted by molar-refractivity contribution is 5.77. The quantitative estimate of drug-likeness (QED) is 0.777. The molecule has 0 unspecified atom stereocenters. The Labute approximate surface area is 110 Å². The second-order valence-electron chi connectivity index (χ2n) is 4.17. The van der Waals surface area contributed by atoms with E-state index in [9.17, 15) is 0 Å². The van der Waals surface area contributed by atoms with E-state index < -0.39 is 0 Å². The van der Waals surface area contributed by atoms with E-state index in [2.05, 4.69) is 4.98 Å². The topological polar surface area (TPSA) is 47.3 Å². The third-order valence-electron chi connectivity index (χ3n) is 2.93. The van der Waals surface area contributed by atoms with Gasteiger partial charge in [0.15, 0.2) is 0 Å². The minimum Gasteiger partial charge on any atom is -0.491 e. The molecule has 0 saturated heterocycles. The minimum atomic E-state index is 0.0217. The minimum absolute atomic E-state index is 0.0217. The molecule has 0 atom stereocenters. The molecule has 0 amide bonds. The summed E-state index contributed by atoms with van der Waals surface area (Å²) in [6.45, 7) is 0.335. The second kappa shape index (κ2) is 5.12. The van der Waals surface area contributed by atoms with Crippen LogP contribution < -0.4 is 4.74 Å². The lowest BCUT2D eigenvalue weighted by atomic mass is 10.2. The number of ether oxygens (including phenoxy) is 1. The summed E-state index contributed by atoms with van der Waals surface area (Å²) in [7, 11) is 0. The smallest absolute Gasteiger partial charge is 0.119 e. The van der Waals surface area contributed by atoms with E-state index in [1.165, 1.54) is 0 Å². The van der Waals surface area contributed by atoms with Gasteiger partial charge in [0.05, 0.1) is 17.6 Å². The van der Waals surface area contributed by atoms with Crippen molar-refractivity contribution in [2.75, 3.05) is 13.2 Å². The van der Waals surface area contributed by atoms with Crippen LogP contribution in [0.3, 0.4) is 0 Å². The number of aliphatic hydroxyl groups excluding tert-OH is 1. The summed E-state index contributed by atoms with van der Waals surface area (Å²) < 4.78 is 7.37. The van der Waals surface area contributed by atoms with Crippen molar-refractivity contribution in [3.63, 3.8) is 0 Å². The van der Waals surface area contributed by atoms with Gasteiger partial charge in [-0.05, 0) is 36.4 Å². The van der Waals surface area contributed by atoms with Gasteiger partial charge < -0.3 is 9.84 Å². The zero-order valence-electron chi connectivity index (χ0n) is 10.4. The van der Waals surface area contributed by atoms with Gasteiger partial charge in [-0.2, -0.15) is 0 Å². The van der Waals surface area contributed by atoms with Crippen molar-refractivity contribution in [1.82, 2.24) is 9.55 Å². The van der Waals surface area contributed by atoms with E-state index >= 15 is 0 Å². The van der Waals surface area contributed by atoms with E-state index in [0.29, 0.717) is 6.61 Å². The molecule has 4 nitrogen and oxygen atoms in total. The maximum Gasteiger partial charge on any atom is 0.119 e. The summed E-state index contributed by atoms with van der Waals surface area (Å²) in [4.78, 5) is 4.37. The maximum atomic E-state index is 8.71. The third kappa shape index (κ3) is 2.30. The van der Waals surface area contributed by atoms with E-state index in [1.807, 2.05) is 59.4 Å². The van der Waals surface area contributed by atoms with Gasteiger partial charge >= 0.3 is 0 Å². The normalized spacial score (nSPS) is 10.8. The molecule has 3 rings (SSSR count). The van der Waals surface area contributed by atoms with Crippen LogP contribution in [0, 0.1) is 0 Å². The van der Waals surface area contributed by atoms with Gasteiger partial charge in [0.25, 0.3) is 0 Å². The lowest BCUT2D eigenvalue weighted by molar-refractivity contribution is 0.201. The number of para-hydroxylation sites is 2. The summed E-state index contributed by atoms with van der Waals surface area (Å²) in [5, 5.41) is 8.71. The highest BCUT2D eigenvalue weighted by atomic mass is 16.5. The molecular weight excluding hydrogens is 240 g/mol. The average molecular weight is 254 g/mol.